The number of ether oxygens (including phenoxy) is 1. The number of carbonyl (C=O) groups excluding carboxylic acids is 1. The van der Waals surface area contributed by atoms with Crippen molar-refractivity contribution < 1.29 is 9.53 Å². The van der Waals surface area contributed by atoms with Crippen molar-refractivity contribution in [3.8, 4) is 0 Å². The Morgan fingerprint density at radius 3 is 2.42 bits per heavy atom. The molecule has 1 amide bonds. The van der Waals surface area contributed by atoms with E-state index in [0.29, 0.717) is 0 Å². The summed E-state index contributed by atoms with van der Waals surface area (Å²) < 4.78 is 5.37. The molecular formula is C21H27N3O2. The molecule has 3 N–H and O–H groups in total. The Morgan fingerprint density at radius 1 is 1.12 bits per heavy atom. The van der Waals surface area contributed by atoms with Crippen molar-refractivity contribution in [2.45, 2.75) is 19.4 Å². The average Bonchev–Trinajstić information content (AvgIpc) is 2.68. The van der Waals surface area contributed by atoms with E-state index < -0.39 is 6.04 Å². The second kappa shape index (κ2) is 8.94. The zero-order chi connectivity index (χ0) is 18.4. The number of aryl methyl sites for hydroxylation is 1. The molecule has 0 aromatic heterocycles. The fourth-order valence-corrected chi connectivity index (χ4v) is 3.01. The van der Waals surface area contributed by atoms with Crippen LogP contribution in [0.15, 0.2) is 48.5 Å². The maximum atomic E-state index is 12.4. The second-order valence-electron chi connectivity index (χ2n) is 6.78. The molecule has 138 valence electrons. The van der Waals surface area contributed by atoms with Crippen molar-refractivity contribution >= 4 is 11.6 Å². The Hall–Kier alpha value is -2.21. The number of nitrogens with one attached hydrogen (secondary N) is 1. The molecule has 2 aromatic rings. The van der Waals surface area contributed by atoms with Crippen LogP contribution in [0.25, 0.3) is 0 Å². The summed E-state index contributed by atoms with van der Waals surface area (Å²) in [6, 6.07) is 15.1. The number of nitrogens with zero attached hydrogens (tertiary/aromatic N) is 1. The molecule has 1 saturated heterocycles. The first-order valence-electron chi connectivity index (χ1n) is 9.14. The third kappa shape index (κ3) is 5.14. The van der Waals surface area contributed by atoms with Gasteiger partial charge in [-0.05, 0) is 36.6 Å². The standard InChI is InChI=1S/C21H27N3O2/c1-16-2-6-18(7-3-16)20(22)21(25)23-19-8-4-17(5-9-19)10-11-24-12-14-26-15-13-24/h2-9,20H,10-15,22H2,1H3,(H,23,25). The largest absolute Gasteiger partial charge is 0.379 e. The van der Waals surface area contributed by atoms with Crippen LogP contribution in [0.3, 0.4) is 0 Å². The lowest BCUT2D eigenvalue weighted by molar-refractivity contribution is -0.117. The number of morpholine rings is 1. The number of amides is 1. The SMILES string of the molecule is Cc1ccc(C(N)C(=O)Nc2ccc(CCN3CCOCC3)cc2)cc1. The van der Waals surface area contributed by atoms with E-state index in [-0.39, 0.29) is 5.91 Å². The van der Waals surface area contributed by atoms with Crippen LogP contribution in [0.2, 0.25) is 0 Å². The molecule has 5 heteroatoms. The zero-order valence-corrected chi connectivity index (χ0v) is 15.3. The molecule has 5 nitrogen and oxygen atoms in total. The second-order valence-corrected chi connectivity index (χ2v) is 6.78. The van der Waals surface area contributed by atoms with Crippen LogP contribution in [0, 0.1) is 6.92 Å². The first-order valence-corrected chi connectivity index (χ1v) is 9.14. The minimum Gasteiger partial charge on any atom is -0.379 e. The number of hydrogen-bond donors (Lipinski definition) is 2. The van der Waals surface area contributed by atoms with Crippen molar-refractivity contribution in [3.05, 3.63) is 65.2 Å². The van der Waals surface area contributed by atoms with Crippen LogP contribution in [-0.4, -0.2) is 43.7 Å². The number of benzene rings is 2. The molecule has 26 heavy (non-hydrogen) atoms. The molecule has 2 aromatic carbocycles. The third-order valence-electron chi connectivity index (χ3n) is 4.76. The predicted molar refractivity (Wildman–Crippen MR) is 104 cm³/mol. The molecule has 1 fully saturated rings. The van der Waals surface area contributed by atoms with Crippen molar-refractivity contribution in [2.75, 3.05) is 38.2 Å². The molecule has 3 rings (SSSR count). The van der Waals surface area contributed by atoms with E-state index in [2.05, 4.69) is 22.3 Å². The summed E-state index contributed by atoms with van der Waals surface area (Å²) in [6.07, 6.45) is 0.997. The van der Waals surface area contributed by atoms with E-state index in [0.717, 1.165) is 56.1 Å². The van der Waals surface area contributed by atoms with Gasteiger partial charge in [0.1, 0.15) is 6.04 Å². The molecular weight excluding hydrogens is 326 g/mol. The molecule has 1 unspecified atom stereocenters. The van der Waals surface area contributed by atoms with Crippen LogP contribution in [-0.2, 0) is 16.0 Å². The molecule has 0 saturated carbocycles. The number of nitrogens with two attached hydrogens (primary N) is 1. The lowest BCUT2D eigenvalue weighted by Gasteiger charge is -2.26. The average molecular weight is 353 g/mol. The van der Waals surface area contributed by atoms with Gasteiger partial charge in [0.2, 0.25) is 5.91 Å². The third-order valence-corrected chi connectivity index (χ3v) is 4.76. The van der Waals surface area contributed by atoms with Gasteiger partial charge in [-0.2, -0.15) is 0 Å². The molecule has 0 spiro atoms. The van der Waals surface area contributed by atoms with E-state index in [9.17, 15) is 4.79 Å². The van der Waals surface area contributed by atoms with E-state index in [1.54, 1.807) is 0 Å². The van der Waals surface area contributed by atoms with Crippen LogP contribution in [0.4, 0.5) is 5.69 Å². The fraction of sp³-hybridized carbons (Fsp3) is 0.381. The normalized spacial score (nSPS) is 16.2. The highest BCUT2D eigenvalue weighted by atomic mass is 16.5. The fourth-order valence-electron chi connectivity index (χ4n) is 3.01. The van der Waals surface area contributed by atoms with E-state index in [4.69, 9.17) is 10.5 Å². The molecule has 1 heterocycles. The first kappa shape index (κ1) is 18.6. The van der Waals surface area contributed by atoms with E-state index >= 15 is 0 Å². The Labute approximate surface area is 155 Å². The minimum absolute atomic E-state index is 0.199. The molecule has 0 bridgehead atoms. The number of anilines is 1. The summed E-state index contributed by atoms with van der Waals surface area (Å²) in [5.74, 6) is -0.199. The molecule has 0 aliphatic carbocycles. The maximum Gasteiger partial charge on any atom is 0.245 e. The smallest absolute Gasteiger partial charge is 0.245 e. The van der Waals surface area contributed by atoms with E-state index in [1.807, 2.05) is 43.3 Å². The Morgan fingerprint density at radius 2 is 1.77 bits per heavy atom. The monoisotopic (exact) mass is 353 g/mol. The maximum absolute atomic E-state index is 12.4. The van der Waals surface area contributed by atoms with Gasteiger partial charge in [0.25, 0.3) is 0 Å². The quantitative estimate of drug-likeness (QED) is 0.837. The Bertz CT molecular complexity index is 707. The van der Waals surface area contributed by atoms with Crippen molar-refractivity contribution in [2.24, 2.45) is 5.73 Å². The lowest BCUT2D eigenvalue weighted by Crippen LogP contribution is -2.37. The summed E-state index contributed by atoms with van der Waals surface area (Å²) in [7, 11) is 0. The lowest BCUT2D eigenvalue weighted by atomic mass is 10.1. The van der Waals surface area contributed by atoms with Crippen LogP contribution < -0.4 is 11.1 Å². The van der Waals surface area contributed by atoms with E-state index in [1.165, 1.54) is 5.56 Å². The zero-order valence-electron chi connectivity index (χ0n) is 15.3. The summed E-state index contributed by atoms with van der Waals surface area (Å²) in [5.41, 5.74) is 10.1. The minimum atomic E-state index is -0.670. The number of carbonyl (C=O) groups is 1. The Balaban J connectivity index is 1.51. The molecule has 1 aliphatic heterocycles. The highest BCUT2D eigenvalue weighted by molar-refractivity contribution is 5.95. The van der Waals surface area contributed by atoms with Gasteiger partial charge in [-0.1, -0.05) is 42.0 Å². The van der Waals surface area contributed by atoms with Gasteiger partial charge < -0.3 is 15.8 Å². The Kier molecular flexibility index (Phi) is 6.39. The van der Waals surface area contributed by atoms with Crippen molar-refractivity contribution in [3.63, 3.8) is 0 Å². The van der Waals surface area contributed by atoms with Gasteiger partial charge in [0, 0.05) is 25.3 Å². The number of rotatable bonds is 6. The summed E-state index contributed by atoms with van der Waals surface area (Å²) in [6.45, 7) is 6.71. The van der Waals surface area contributed by atoms with Crippen LogP contribution in [0.1, 0.15) is 22.7 Å². The topological polar surface area (TPSA) is 67.6 Å². The summed E-state index contributed by atoms with van der Waals surface area (Å²) in [4.78, 5) is 14.8. The number of hydrogen-bond acceptors (Lipinski definition) is 4. The van der Waals surface area contributed by atoms with Gasteiger partial charge in [0.15, 0.2) is 0 Å². The van der Waals surface area contributed by atoms with Gasteiger partial charge in [-0.25, -0.2) is 0 Å². The molecule has 1 aliphatic rings. The van der Waals surface area contributed by atoms with Gasteiger partial charge >= 0.3 is 0 Å². The molecule has 1 atom stereocenters. The summed E-state index contributed by atoms with van der Waals surface area (Å²) in [5, 5.41) is 2.90. The highest BCUT2D eigenvalue weighted by Gasteiger charge is 2.16. The van der Waals surface area contributed by atoms with Crippen molar-refractivity contribution in [1.29, 1.82) is 0 Å². The highest BCUT2D eigenvalue weighted by Crippen LogP contribution is 2.16. The van der Waals surface area contributed by atoms with Gasteiger partial charge in [-0.3, -0.25) is 9.69 Å². The molecule has 0 radical (unpaired) electrons. The first-order chi connectivity index (χ1) is 12.6. The van der Waals surface area contributed by atoms with Gasteiger partial charge in [-0.15, -0.1) is 0 Å². The summed E-state index contributed by atoms with van der Waals surface area (Å²) >= 11 is 0. The van der Waals surface area contributed by atoms with Crippen LogP contribution >= 0.6 is 0 Å². The predicted octanol–water partition coefficient (Wildman–Crippen LogP) is 2.51. The van der Waals surface area contributed by atoms with Gasteiger partial charge in [0.05, 0.1) is 13.2 Å². The van der Waals surface area contributed by atoms with Crippen molar-refractivity contribution in [1.82, 2.24) is 4.90 Å². The van der Waals surface area contributed by atoms with Crippen LogP contribution in [0.5, 0.6) is 0 Å².